The van der Waals surface area contributed by atoms with Crippen LogP contribution >= 0.6 is 0 Å². The predicted octanol–water partition coefficient (Wildman–Crippen LogP) is 6.19. The molecule has 5 rings (SSSR count). The SMILES string of the molecule is CCC[C@H]1CC[C@H]2[C@H](CC[C@@H]3[C@@H]2CC[C@]2(C)C(C(C)(O)Cn4ccc(C#N)n4)CC[C@@H]32)C1. The van der Waals surface area contributed by atoms with E-state index in [-0.39, 0.29) is 5.41 Å². The van der Waals surface area contributed by atoms with Gasteiger partial charge < -0.3 is 5.11 Å². The fourth-order valence-electron chi connectivity index (χ4n) is 9.59. The Bertz CT molecular complexity index is 853. The normalized spacial score (nSPS) is 42.9. The smallest absolute Gasteiger partial charge is 0.162 e. The van der Waals surface area contributed by atoms with Gasteiger partial charge in [0.05, 0.1) is 12.1 Å². The van der Waals surface area contributed by atoms with Crippen molar-refractivity contribution in [2.75, 3.05) is 0 Å². The van der Waals surface area contributed by atoms with Crippen molar-refractivity contribution in [1.29, 1.82) is 5.26 Å². The lowest BCUT2D eigenvalue weighted by Gasteiger charge is -2.57. The zero-order chi connectivity index (χ0) is 22.5. The number of nitrogens with zero attached hydrogens (tertiary/aromatic N) is 3. The lowest BCUT2D eigenvalue weighted by Crippen LogP contribution is -2.52. The Labute approximate surface area is 194 Å². The quantitative estimate of drug-likeness (QED) is 0.597. The first-order chi connectivity index (χ1) is 15.4. The molecular weight excluding hydrogens is 394 g/mol. The molecule has 1 heterocycles. The number of aliphatic hydroxyl groups is 1. The fourth-order valence-corrected chi connectivity index (χ4v) is 9.59. The zero-order valence-electron chi connectivity index (χ0n) is 20.5. The Balaban J connectivity index is 1.30. The van der Waals surface area contributed by atoms with Crippen molar-refractivity contribution in [3.8, 4) is 6.07 Å². The van der Waals surface area contributed by atoms with Crippen LogP contribution in [0.5, 0.6) is 0 Å². The minimum Gasteiger partial charge on any atom is -0.388 e. The third kappa shape index (κ3) is 3.73. The lowest BCUT2D eigenvalue weighted by molar-refractivity contribution is -0.115. The summed E-state index contributed by atoms with van der Waals surface area (Å²) in [7, 11) is 0. The van der Waals surface area contributed by atoms with Crippen LogP contribution in [-0.2, 0) is 6.54 Å². The van der Waals surface area contributed by atoms with Crippen LogP contribution < -0.4 is 0 Å². The van der Waals surface area contributed by atoms with Crippen molar-refractivity contribution < 1.29 is 5.11 Å². The van der Waals surface area contributed by atoms with Gasteiger partial charge in [0.1, 0.15) is 6.07 Å². The number of hydrogen-bond donors (Lipinski definition) is 1. The van der Waals surface area contributed by atoms with Crippen LogP contribution in [0.3, 0.4) is 0 Å². The maximum Gasteiger partial charge on any atom is 0.162 e. The molecule has 0 aliphatic heterocycles. The molecule has 1 N–H and O–H groups in total. The van der Waals surface area contributed by atoms with Gasteiger partial charge in [-0.15, -0.1) is 0 Å². The number of fused-ring (bicyclic) bond motifs is 5. The third-order valence-corrected chi connectivity index (χ3v) is 10.7. The average molecular weight is 438 g/mol. The summed E-state index contributed by atoms with van der Waals surface area (Å²) in [6, 6.07) is 3.85. The molecule has 4 aliphatic rings. The molecule has 0 aromatic carbocycles. The van der Waals surface area contributed by atoms with E-state index in [1.54, 1.807) is 10.7 Å². The number of hydrogen-bond acceptors (Lipinski definition) is 3. The molecule has 1 aromatic rings. The van der Waals surface area contributed by atoms with E-state index < -0.39 is 5.60 Å². The molecule has 1 aromatic heterocycles. The van der Waals surface area contributed by atoms with E-state index in [0.717, 1.165) is 41.9 Å². The van der Waals surface area contributed by atoms with Crippen molar-refractivity contribution in [2.45, 2.75) is 104 Å². The maximum absolute atomic E-state index is 11.7. The molecule has 0 amide bonds. The third-order valence-electron chi connectivity index (χ3n) is 10.7. The van der Waals surface area contributed by atoms with Gasteiger partial charge in [0.25, 0.3) is 0 Å². The Morgan fingerprint density at radius 2 is 1.97 bits per heavy atom. The van der Waals surface area contributed by atoms with Gasteiger partial charge in [0, 0.05) is 6.20 Å². The molecule has 2 unspecified atom stereocenters. The van der Waals surface area contributed by atoms with Gasteiger partial charge in [0.15, 0.2) is 5.69 Å². The van der Waals surface area contributed by atoms with E-state index in [4.69, 9.17) is 5.26 Å². The predicted molar refractivity (Wildman–Crippen MR) is 127 cm³/mol. The van der Waals surface area contributed by atoms with E-state index >= 15 is 0 Å². The molecule has 4 heteroatoms. The van der Waals surface area contributed by atoms with Gasteiger partial charge in [-0.1, -0.05) is 33.1 Å². The molecule has 4 saturated carbocycles. The summed E-state index contributed by atoms with van der Waals surface area (Å²) in [4.78, 5) is 0. The van der Waals surface area contributed by atoms with Crippen LogP contribution in [0.15, 0.2) is 12.3 Å². The van der Waals surface area contributed by atoms with Crippen LogP contribution in [-0.4, -0.2) is 20.5 Å². The van der Waals surface area contributed by atoms with Crippen molar-refractivity contribution in [3.63, 3.8) is 0 Å². The highest BCUT2D eigenvalue weighted by Crippen LogP contribution is 2.66. The summed E-state index contributed by atoms with van der Waals surface area (Å²) in [5.74, 6) is 5.91. The molecule has 0 spiro atoms. The summed E-state index contributed by atoms with van der Waals surface area (Å²) >= 11 is 0. The van der Waals surface area contributed by atoms with E-state index in [9.17, 15) is 5.11 Å². The topological polar surface area (TPSA) is 61.8 Å². The zero-order valence-corrected chi connectivity index (χ0v) is 20.5. The summed E-state index contributed by atoms with van der Waals surface area (Å²) in [5, 5.41) is 25.1. The first kappa shape index (κ1) is 22.5. The first-order valence-corrected chi connectivity index (χ1v) is 13.5. The summed E-state index contributed by atoms with van der Waals surface area (Å²) < 4.78 is 1.78. The monoisotopic (exact) mass is 437 g/mol. The van der Waals surface area contributed by atoms with Crippen LogP contribution in [0.2, 0.25) is 0 Å². The van der Waals surface area contributed by atoms with Crippen molar-refractivity contribution >= 4 is 0 Å². The largest absolute Gasteiger partial charge is 0.388 e. The second-order valence-corrected chi connectivity index (χ2v) is 12.4. The Morgan fingerprint density at radius 1 is 1.16 bits per heavy atom. The Kier molecular flexibility index (Phi) is 5.94. The van der Waals surface area contributed by atoms with Gasteiger partial charge in [0.2, 0.25) is 0 Å². The van der Waals surface area contributed by atoms with Gasteiger partial charge in [-0.05, 0) is 111 Å². The minimum absolute atomic E-state index is 0.238. The molecule has 0 bridgehead atoms. The molecule has 9 atom stereocenters. The standard InChI is InChI=1S/C28H43N3O/c1-4-5-19-6-8-22-20(16-19)7-9-24-23(22)12-14-27(2)25(24)10-11-26(27)28(3,32)18-31-15-13-21(17-29)30-31/h13,15,19-20,22-26,32H,4-12,14,16,18H2,1-3H3/t19-,20+,22-,23+,24+,25-,26?,27-,28?/m0/s1. The summed E-state index contributed by atoms with van der Waals surface area (Å²) in [6.45, 7) is 7.37. The Hall–Kier alpha value is -1.34. The maximum atomic E-state index is 11.7. The van der Waals surface area contributed by atoms with Crippen LogP contribution in [0, 0.1) is 58.2 Å². The van der Waals surface area contributed by atoms with Crippen LogP contribution in [0.1, 0.15) is 97.1 Å². The molecular formula is C28H43N3O. The number of rotatable bonds is 5. The van der Waals surface area contributed by atoms with E-state index in [2.05, 4.69) is 25.0 Å². The molecule has 4 fully saturated rings. The fraction of sp³-hybridized carbons (Fsp3) is 0.857. The minimum atomic E-state index is -0.787. The summed E-state index contributed by atoms with van der Waals surface area (Å²) in [5.41, 5.74) is -0.116. The molecule has 4 aliphatic carbocycles. The van der Waals surface area contributed by atoms with Crippen LogP contribution in [0.25, 0.3) is 0 Å². The highest BCUT2D eigenvalue weighted by molar-refractivity contribution is 5.17. The molecule has 32 heavy (non-hydrogen) atoms. The van der Waals surface area contributed by atoms with E-state index in [1.165, 1.54) is 64.2 Å². The van der Waals surface area contributed by atoms with Gasteiger partial charge in [-0.25, -0.2) is 0 Å². The van der Waals surface area contributed by atoms with Gasteiger partial charge in [-0.2, -0.15) is 10.4 Å². The van der Waals surface area contributed by atoms with Gasteiger partial charge >= 0.3 is 0 Å². The molecule has 0 radical (unpaired) electrons. The van der Waals surface area contributed by atoms with Crippen molar-refractivity contribution in [2.24, 2.45) is 46.8 Å². The van der Waals surface area contributed by atoms with Crippen molar-refractivity contribution in [3.05, 3.63) is 18.0 Å². The van der Waals surface area contributed by atoms with E-state index in [1.807, 2.05) is 13.1 Å². The molecule has 176 valence electrons. The van der Waals surface area contributed by atoms with E-state index in [0.29, 0.717) is 18.2 Å². The highest BCUT2D eigenvalue weighted by atomic mass is 16.3. The summed E-state index contributed by atoms with van der Waals surface area (Å²) in [6.07, 6.45) is 17.1. The van der Waals surface area contributed by atoms with Gasteiger partial charge in [-0.3, -0.25) is 4.68 Å². The second kappa shape index (κ2) is 8.46. The van der Waals surface area contributed by atoms with Crippen LogP contribution in [0.4, 0.5) is 0 Å². The number of nitriles is 1. The first-order valence-electron chi connectivity index (χ1n) is 13.5. The molecule has 4 nitrogen and oxygen atoms in total. The second-order valence-electron chi connectivity index (χ2n) is 12.4. The lowest BCUT2D eigenvalue weighted by atomic mass is 9.48. The molecule has 0 saturated heterocycles. The number of aromatic nitrogens is 2. The van der Waals surface area contributed by atoms with Crippen molar-refractivity contribution in [1.82, 2.24) is 9.78 Å². The highest BCUT2D eigenvalue weighted by Gasteiger charge is 2.60. The average Bonchev–Trinajstić information content (AvgIpc) is 3.37. The Morgan fingerprint density at radius 3 is 2.72 bits per heavy atom.